The highest BCUT2D eigenvalue weighted by Crippen LogP contribution is 2.31. The van der Waals surface area contributed by atoms with E-state index in [1.165, 1.54) is 24.7 Å². The molecule has 0 radical (unpaired) electrons. The number of halogens is 1. The molecule has 1 aliphatic carbocycles. The molecular formula is C21H25ClN2O4S. The van der Waals surface area contributed by atoms with Gasteiger partial charge in [0.25, 0.3) is 0 Å². The van der Waals surface area contributed by atoms with Crippen molar-refractivity contribution in [2.75, 3.05) is 20.2 Å². The number of sulfonamides is 1. The van der Waals surface area contributed by atoms with Gasteiger partial charge in [-0.2, -0.15) is 4.31 Å². The van der Waals surface area contributed by atoms with E-state index in [1.54, 1.807) is 13.0 Å². The molecule has 1 amide bonds. The van der Waals surface area contributed by atoms with Gasteiger partial charge in [0.1, 0.15) is 10.6 Å². The van der Waals surface area contributed by atoms with Crippen LogP contribution in [0.25, 0.3) is 0 Å². The number of hydrogen-bond acceptors (Lipinski definition) is 4. The molecule has 0 fully saturated rings. The third kappa shape index (κ3) is 4.91. The monoisotopic (exact) mass is 436 g/mol. The topological polar surface area (TPSA) is 75.7 Å². The van der Waals surface area contributed by atoms with Gasteiger partial charge in [-0.15, -0.1) is 0 Å². The zero-order valence-electron chi connectivity index (χ0n) is 16.5. The van der Waals surface area contributed by atoms with Crippen molar-refractivity contribution < 1.29 is 17.9 Å². The van der Waals surface area contributed by atoms with E-state index in [1.807, 2.05) is 18.2 Å². The maximum atomic E-state index is 13.0. The molecule has 3 rings (SSSR count). The number of carbonyl (C=O) groups is 1. The zero-order valence-corrected chi connectivity index (χ0v) is 18.1. The van der Waals surface area contributed by atoms with Gasteiger partial charge in [0.05, 0.1) is 19.2 Å². The molecule has 2 aromatic carbocycles. The number of nitrogens with zero attached hydrogens (tertiary/aromatic N) is 1. The Balaban J connectivity index is 1.74. The molecule has 1 atom stereocenters. The smallest absolute Gasteiger partial charge is 0.247 e. The number of nitrogens with one attached hydrogen (secondary N) is 1. The van der Waals surface area contributed by atoms with Crippen LogP contribution in [0.15, 0.2) is 47.4 Å². The molecule has 0 bridgehead atoms. The number of likely N-dealkylation sites (N-methyl/N-ethyl adjacent to an activating group) is 1. The highest BCUT2D eigenvalue weighted by Gasteiger charge is 2.28. The summed E-state index contributed by atoms with van der Waals surface area (Å²) in [5, 5.41) is 3.26. The Morgan fingerprint density at radius 1 is 1.28 bits per heavy atom. The van der Waals surface area contributed by atoms with Gasteiger partial charge in [0.2, 0.25) is 15.9 Å². The van der Waals surface area contributed by atoms with Gasteiger partial charge < -0.3 is 10.1 Å². The standard InChI is InChI=1S/C21H25ClN2O4S/c1-3-28-19-12-11-16(22)13-20(19)29(26,27)24(2)14-21(25)23-18-10-6-8-15-7-4-5-9-17(15)18/h4-5,7,9,11-13,18H,3,6,8,10,14H2,1-2H3,(H,23,25). The molecule has 29 heavy (non-hydrogen) atoms. The van der Waals surface area contributed by atoms with Crippen molar-refractivity contribution in [2.24, 2.45) is 0 Å². The summed E-state index contributed by atoms with van der Waals surface area (Å²) < 4.78 is 32.5. The third-order valence-corrected chi connectivity index (χ3v) is 7.02. The van der Waals surface area contributed by atoms with Gasteiger partial charge in [-0.3, -0.25) is 4.79 Å². The van der Waals surface area contributed by atoms with Crippen molar-refractivity contribution in [3.63, 3.8) is 0 Å². The van der Waals surface area contributed by atoms with E-state index in [2.05, 4.69) is 11.4 Å². The Kier molecular flexibility index (Phi) is 6.82. The second kappa shape index (κ2) is 9.15. The number of rotatable bonds is 7. The van der Waals surface area contributed by atoms with E-state index in [9.17, 15) is 13.2 Å². The number of ether oxygens (including phenoxy) is 1. The summed E-state index contributed by atoms with van der Waals surface area (Å²) in [6.07, 6.45) is 2.81. The van der Waals surface area contributed by atoms with Crippen molar-refractivity contribution in [3.8, 4) is 5.75 Å². The molecule has 6 nitrogen and oxygen atoms in total. The SMILES string of the molecule is CCOc1ccc(Cl)cc1S(=O)(=O)N(C)CC(=O)NC1CCCc2ccccc21. The summed E-state index contributed by atoms with van der Waals surface area (Å²) >= 11 is 5.99. The largest absolute Gasteiger partial charge is 0.492 e. The molecule has 156 valence electrons. The minimum atomic E-state index is -3.95. The van der Waals surface area contributed by atoms with Gasteiger partial charge in [-0.05, 0) is 55.5 Å². The van der Waals surface area contributed by atoms with Crippen LogP contribution in [0, 0.1) is 0 Å². The van der Waals surface area contributed by atoms with Crippen molar-refractivity contribution >= 4 is 27.5 Å². The lowest BCUT2D eigenvalue weighted by Crippen LogP contribution is -2.40. The van der Waals surface area contributed by atoms with Crippen LogP contribution in [0.4, 0.5) is 0 Å². The highest BCUT2D eigenvalue weighted by atomic mass is 35.5. The van der Waals surface area contributed by atoms with Crippen LogP contribution in [0.3, 0.4) is 0 Å². The van der Waals surface area contributed by atoms with E-state index in [0.717, 1.165) is 29.1 Å². The van der Waals surface area contributed by atoms with Crippen LogP contribution in [0.2, 0.25) is 5.02 Å². The fraction of sp³-hybridized carbons (Fsp3) is 0.381. The van der Waals surface area contributed by atoms with Gasteiger partial charge >= 0.3 is 0 Å². The first kappa shape index (κ1) is 21.6. The minimum Gasteiger partial charge on any atom is -0.492 e. The lowest BCUT2D eigenvalue weighted by atomic mass is 9.88. The van der Waals surface area contributed by atoms with Gasteiger partial charge in [0, 0.05) is 12.1 Å². The first-order valence-electron chi connectivity index (χ1n) is 9.58. The Morgan fingerprint density at radius 3 is 2.79 bits per heavy atom. The van der Waals surface area contributed by atoms with Crippen LogP contribution in [-0.2, 0) is 21.2 Å². The number of carbonyl (C=O) groups excluding carboxylic acids is 1. The Morgan fingerprint density at radius 2 is 2.03 bits per heavy atom. The van der Waals surface area contributed by atoms with Crippen molar-refractivity contribution in [3.05, 3.63) is 58.6 Å². The number of benzene rings is 2. The number of fused-ring (bicyclic) bond motifs is 1. The quantitative estimate of drug-likeness (QED) is 0.720. The summed E-state index contributed by atoms with van der Waals surface area (Å²) in [6, 6.07) is 12.4. The average Bonchev–Trinajstić information content (AvgIpc) is 2.69. The summed E-state index contributed by atoms with van der Waals surface area (Å²) in [6.45, 7) is 1.79. The van der Waals surface area contributed by atoms with Crippen molar-refractivity contribution in [2.45, 2.75) is 37.1 Å². The number of amides is 1. The van der Waals surface area contributed by atoms with Crippen LogP contribution in [0.1, 0.15) is 36.9 Å². The van der Waals surface area contributed by atoms with E-state index in [4.69, 9.17) is 16.3 Å². The second-order valence-electron chi connectivity index (χ2n) is 7.00. The molecule has 1 aliphatic rings. The molecule has 0 aliphatic heterocycles. The fourth-order valence-electron chi connectivity index (χ4n) is 3.56. The average molecular weight is 437 g/mol. The molecule has 0 saturated heterocycles. The van der Waals surface area contributed by atoms with Crippen molar-refractivity contribution in [1.82, 2.24) is 9.62 Å². The van der Waals surface area contributed by atoms with Gasteiger partial charge in [-0.25, -0.2) is 8.42 Å². The Hall–Kier alpha value is -2.09. The molecule has 1 unspecified atom stereocenters. The Labute approximate surface area is 176 Å². The number of aryl methyl sites for hydroxylation is 1. The summed E-state index contributed by atoms with van der Waals surface area (Å²) in [7, 11) is -2.57. The second-order valence-corrected chi connectivity index (χ2v) is 9.45. The van der Waals surface area contributed by atoms with Crippen LogP contribution in [0.5, 0.6) is 5.75 Å². The molecule has 0 aromatic heterocycles. The normalized spacial score (nSPS) is 16.3. The van der Waals surface area contributed by atoms with Crippen LogP contribution in [-0.4, -0.2) is 38.8 Å². The molecule has 0 saturated carbocycles. The predicted molar refractivity (Wildman–Crippen MR) is 113 cm³/mol. The minimum absolute atomic E-state index is 0.0508. The molecule has 1 N–H and O–H groups in total. The summed E-state index contributed by atoms with van der Waals surface area (Å²) in [5.41, 5.74) is 2.33. The molecule has 0 heterocycles. The fourth-order valence-corrected chi connectivity index (χ4v) is 5.07. The highest BCUT2D eigenvalue weighted by molar-refractivity contribution is 7.89. The zero-order chi connectivity index (χ0) is 21.0. The van der Waals surface area contributed by atoms with E-state index < -0.39 is 10.0 Å². The summed E-state index contributed by atoms with van der Waals surface area (Å²) in [5.74, 6) is -0.136. The molecule has 8 heteroatoms. The van der Waals surface area contributed by atoms with E-state index in [0.29, 0.717) is 6.61 Å². The van der Waals surface area contributed by atoms with Crippen LogP contribution < -0.4 is 10.1 Å². The lowest BCUT2D eigenvalue weighted by molar-refractivity contribution is -0.122. The Bertz CT molecular complexity index is 994. The first-order valence-corrected chi connectivity index (χ1v) is 11.4. The number of hydrogen-bond donors (Lipinski definition) is 1. The van der Waals surface area contributed by atoms with E-state index >= 15 is 0 Å². The molecule has 2 aromatic rings. The first-order chi connectivity index (χ1) is 13.8. The summed E-state index contributed by atoms with van der Waals surface area (Å²) in [4.78, 5) is 12.6. The predicted octanol–water partition coefficient (Wildman–Crippen LogP) is 3.55. The third-order valence-electron chi connectivity index (χ3n) is 4.96. The molecular weight excluding hydrogens is 412 g/mol. The van der Waals surface area contributed by atoms with E-state index in [-0.39, 0.29) is 34.2 Å². The maximum Gasteiger partial charge on any atom is 0.247 e. The maximum absolute atomic E-state index is 13.0. The lowest BCUT2D eigenvalue weighted by Gasteiger charge is -2.27. The van der Waals surface area contributed by atoms with Gasteiger partial charge in [0.15, 0.2) is 0 Å². The molecule has 0 spiro atoms. The van der Waals surface area contributed by atoms with Crippen LogP contribution >= 0.6 is 11.6 Å². The van der Waals surface area contributed by atoms with Gasteiger partial charge in [-0.1, -0.05) is 35.9 Å². The van der Waals surface area contributed by atoms with Crippen molar-refractivity contribution in [1.29, 1.82) is 0 Å².